The molecule has 0 aliphatic carbocycles. The molecule has 0 saturated carbocycles. The molecule has 2 rings (SSSR count). The number of nitriles is 1. The van der Waals surface area contributed by atoms with Crippen LogP contribution in [0.4, 0.5) is 0 Å². The van der Waals surface area contributed by atoms with Crippen LogP contribution in [0.5, 0.6) is 11.5 Å². The largest absolute Gasteiger partial charge is 0.490 e. The minimum atomic E-state index is 0.555. The molecule has 0 atom stereocenters. The van der Waals surface area contributed by atoms with Crippen molar-refractivity contribution in [1.29, 1.82) is 5.26 Å². The smallest absolute Gasteiger partial charge is 0.161 e. The second kappa shape index (κ2) is 9.36. The first-order chi connectivity index (χ1) is 11.8. The Morgan fingerprint density at radius 1 is 1.08 bits per heavy atom. The fourth-order valence-corrected chi connectivity index (χ4v) is 2.09. The maximum absolute atomic E-state index is 8.79. The van der Waals surface area contributed by atoms with Crippen LogP contribution in [0.1, 0.15) is 43.5 Å². The van der Waals surface area contributed by atoms with E-state index in [1.54, 1.807) is 12.3 Å². The summed E-state index contributed by atoms with van der Waals surface area (Å²) < 4.78 is 11.5. The number of ether oxygens (including phenoxy) is 2. The normalized spacial score (nSPS) is 10.5. The standard InChI is InChI=1S/C20H22N2O2/c1-3-5-12-24-19-11-8-16(13-20(19)23-4-2)6-9-18-10-7-17(14-21)15-22-18/h6-11,13,15H,3-5,12H2,1-2H3/b9-6+. The molecule has 0 unspecified atom stereocenters. The van der Waals surface area contributed by atoms with Gasteiger partial charge in [-0.15, -0.1) is 0 Å². The zero-order valence-corrected chi connectivity index (χ0v) is 14.2. The van der Waals surface area contributed by atoms with Gasteiger partial charge < -0.3 is 9.47 Å². The van der Waals surface area contributed by atoms with Crippen LogP contribution in [0.25, 0.3) is 12.2 Å². The molecular formula is C20H22N2O2. The maximum atomic E-state index is 8.79. The molecule has 124 valence electrons. The predicted octanol–water partition coefficient (Wildman–Crippen LogP) is 4.70. The Hall–Kier alpha value is -2.80. The highest BCUT2D eigenvalue weighted by Gasteiger charge is 2.05. The minimum Gasteiger partial charge on any atom is -0.490 e. The first-order valence-corrected chi connectivity index (χ1v) is 8.20. The van der Waals surface area contributed by atoms with Gasteiger partial charge in [-0.2, -0.15) is 5.26 Å². The Bertz CT molecular complexity index is 715. The molecule has 1 aromatic carbocycles. The molecule has 0 aliphatic rings. The molecule has 1 heterocycles. The predicted molar refractivity (Wildman–Crippen MR) is 95.9 cm³/mol. The van der Waals surface area contributed by atoms with E-state index >= 15 is 0 Å². The second-order valence-electron chi connectivity index (χ2n) is 5.26. The number of nitrogens with zero attached hydrogens (tertiary/aromatic N) is 2. The van der Waals surface area contributed by atoms with Crippen molar-refractivity contribution < 1.29 is 9.47 Å². The third-order valence-corrected chi connectivity index (χ3v) is 3.39. The molecule has 1 aromatic heterocycles. The number of pyridine rings is 1. The van der Waals surface area contributed by atoms with Gasteiger partial charge in [0.05, 0.1) is 24.5 Å². The van der Waals surface area contributed by atoms with Gasteiger partial charge in [-0.1, -0.05) is 25.5 Å². The number of unbranched alkanes of at least 4 members (excludes halogenated alkanes) is 1. The lowest BCUT2D eigenvalue weighted by Gasteiger charge is -2.12. The maximum Gasteiger partial charge on any atom is 0.161 e. The van der Waals surface area contributed by atoms with Crippen LogP contribution in [0.2, 0.25) is 0 Å². The van der Waals surface area contributed by atoms with E-state index in [1.165, 1.54) is 0 Å². The van der Waals surface area contributed by atoms with Crippen molar-refractivity contribution in [1.82, 2.24) is 4.98 Å². The highest BCUT2D eigenvalue weighted by molar-refractivity contribution is 5.69. The molecule has 0 N–H and O–H groups in total. The summed E-state index contributed by atoms with van der Waals surface area (Å²) in [6.07, 6.45) is 7.56. The molecule has 0 aliphatic heterocycles. The van der Waals surface area contributed by atoms with Crippen LogP contribution in [-0.2, 0) is 0 Å². The van der Waals surface area contributed by atoms with Crippen molar-refractivity contribution in [3.63, 3.8) is 0 Å². The lowest BCUT2D eigenvalue weighted by molar-refractivity contribution is 0.272. The van der Waals surface area contributed by atoms with E-state index in [-0.39, 0.29) is 0 Å². The molecule has 0 fully saturated rings. The van der Waals surface area contributed by atoms with Crippen molar-refractivity contribution in [3.05, 3.63) is 53.3 Å². The fraction of sp³-hybridized carbons (Fsp3) is 0.300. The van der Waals surface area contributed by atoms with Gasteiger partial charge in [-0.3, -0.25) is 4.98 Å². The average Bonchev–Trinajstić information content (AvgIpc) is 2.62. The molecule has 0 bridgehead atoms. The third-order valence-electron chi connectivity index (χ3n) is 3.39. The topological polar surface area (TPSA) is 55.1 Å². The zero-order valence-electron chi connectivity index (χ0n) is 14.2. The summed E-state index contributed by atoms with van der Waals surface area (Å²) in [5.41, 5.74) is 2.36. The summed E-state index contributed by atoms with van der Waals surface area (Å²) in [5, 5.41) is 8.79. The van der Waals surface area contributed by atoms with E-state index in [2.05, 4.69) is 18.0 Å². The SMILES string of the molecule is CCCCOc1ccc(/C=C/c2ccc(C#N)cn2)cc1OCC. The summed E-state index contributed by atoms with van der Waals surface area (Å²) in [4.78, 5) is 4.23. The summed E-state index contributed by atoms with van der Waals surface area (Å²) >= 11 is 0. The number of aromatic nitrogens is 1. The Labute approximate surface area is 143 Å². The third kappa shape index (κ3) is 5.13. The number of hydrogen-bond acceptors (Lipinski definition) is 4. The van der Waals surface area contributed by atoms with Gasteiger partial charge in [-0.25, -0.2) is 0 Å². The first kappa shape index (κ1) is 17.6. The van der Waals surface area contributed by atoms with Gasteiger partial charge in [0, 0.05) is 6.20 Å². The first-order valence-electron chi connectivity index (χ1n) is 8.20. The van der Waals surface area contributed by atoms with E-state index in [9.17, 15) is 0 Å². The van der Waals surface area contributed by atoms with E-state index < -0.39 is 0 Å². The van der Waals surface area contributed by atoms with Gasteiger partial charge in [0.1, 0.15) is 6.07 Å². The zero-order chi connectivity index (χ0) is 17.2. The van der Waals surface area contributed by atoms with Crippen molar-refractivity contribution in [2.24, 2.45) is 0 Å². The summed E-state index contributed by atoms with van der Waals surface area (Å²) in [7, 11) is 0. The Morgan fingerprint density at radius 2 is 1.96 bits per heavy atom. The van der Waals surface area contributed by atoms with Crippen LogP contribution < -0.4 is 9.47 Å². The van der Waals surface area contributed by atoms with Gasteiger partial charge >= 0.3 is 0 Å². The molecule has 4 nitrogen and oxygen atoms in total. The van der Waals surface area contributed by atoms with Gasteiger partial charge in [0.2, 0.25) is 0 Å². The summed E-state index contributed by atoms with van der Waals surface area (Å²) in [6, 6.07) is 11.5. The summed E-state index contributed by atoms with van der Waals surface area (Å²) in [5.74, 6) is 1.53. The van der Waals surface area contributed by atoms with Crippen LogP contribution in [0.15, 0.2) is 36.5 Å². The van der Waals surface area contributed by atoms with Crippen molar-refractivity contribution in [2.75, 3.05) is 13.2 Å². The Balaban J connectivity index is 2.13. The molecule has 2 aromatic rings. The number of hydrogen-bond donors (Lipinski definition) is 0. The van der Waals surface area contributed by atoms with Crippen molar-refractivity contribution in [2.45, 2.75) is 26.7 Å². The van der Waals surface area contributed by atoms with Gasteiger partial charge in [0.25, 0.3) is 0 Å². The summed E-state index contributed by atoms with van der Waals surface area (Å²) in [6.45, 7) is 5.38. The number of rotatable bonds is 8. The molecule has 24 heavy (non-hydrogen) atoms. The Kier molecular flexibility index (Phi) is 6.85. The number of benzene rings is 1. The van der Waals surface area contributed by atoms with Gasteiger partial charge in [0.15, 0.2) is 11.5 Å². The second-order valence-corrected chi connectivity index (χ2v) is 5.26. The molecular weight excluding hydrogens is 300 g/mol. The molecule has 0 radical (unpaired) electrons. The monoisotopic (exact) mass is 322 g/mol. The van der Waals surface area contributed by atoms with Crippen molar-refractivity contribution in [3.8, 4) is 17.6 Å². The lowest BCUT2D eigenvalue weighted by Crippen LogP contribution is -2.00. The van der Waals surface area contributed by atoms with Gasteiger partial charge in [-0.05, 0) is 49.2 Å². The van der Waals surface area contributed by atoms with E-state index in [4.69, 9.17) is 14.7 Å². The van der Waals surface area contributed by atoms with Crippen molar-refractivity contribution >= 4 is 12.2 Å². The molecule has 0 spiro atoms. The highest BCUT2D eigenvalue weighted by atomic mass is 16.5. The molecule has 0 amide bonds. The highest BCUT2D eigenvalue weighted by Crippen LogP contribution is 2.29. The lowest BCUT2D eigenvalue weighted by atomic mass is 10.1. The van der Waals surface area contributed by atoms with Crippen LogP contribution in [0, 0.1) is 11.3 Å². The molecule has 0 saturated heterocycles. The van der Waals surface area contributed by atoms with E-state index in [1.807, 2.05) is 43.3 Å². The quantitative estimate of drug-likeness (QED) is 0.661. The van der Waals surface area contributed by atoms with E-state index in [0.29, 0.717) is 18.8 Å². The minimum absolute atomic E-state index is 0.555. The van der Waals surface area contributed by atoms with Crippen LogP contribution in [-0.4, -0.2) is 18.2 Å². The van der Waals surface area contributed by atoms with Crippen LogP contribution in [0.3, 0.4) is 0 Å². The van der Waals surface area contributed by atoms with Crippen LogP contribution >= 0.6 is 0 Å². The average molecular weight is 322 g/mol. The molecule has 4 heteroatoms. The Morgan fingerprint density at radius 3 is 2.62 bits per heavy atom. The fourth-order valence-electron chi connectivity index (χ4n) is 2.09. The van der Waals surface area contributed by atoms with E-state index in [0.717, 1.165) is 35.6 Å².